The Bertz CT molecular complexity index is 1340. The predicted octanol–water partition coefficient (Wildman–Crippen LogP) is 4.09. The van der Waals surface area contributed by atoms with Gasteiger partial charge in [0.25, 0.3) is 11.5 Å². The number of anilines is 1. The summed E-state index contributed by atoms with van der Waals surface area (Å²) in [5, 5.41) is 0. The molecule has 7 heteroatoms. The van der Waals surface area contributed by atoms with Gasteiger partial charge in [-0.1, -0.05) is 32.0 Å². The number of aromatic nitrogens is 1. The minimum atomic E-state index is -0.397. The van der Waals surface area contributed by atoms with E-state index in [4.69, 9.17) is 0 Å². The molecule has 1 fully saturated rings. The summed E-state index contributed by atoms with van der Waals surface area (Å²) in [4.78, 5) is 44.4. The quantitative estimate of drug-likeness (QED) is 0.575. The molecular weight excluding hydrogens is 445 g/mol. The molecule has 3 aromatic rings. The highest BCUT2D eigenvalue weighted by Crippen LogP contribution is 2.36. The molecule has 0 radical (unpaired) electrons. The number of ketones is 1. The summed E-state index contributed by atoms with van der Waals surface area (Å²) in [6, 6.07) is 15.4. The van der Waals surface area contributed by atoms with Gasteiger partial charge in [-0.15, -0.1) is 0 Å². The van der Waals surface area contributed by atoms with Crippen molar-refractivity contribution >= 4 is 17.4 Å². The number of carbonyl (C=O) groups is 2. The number of benzene rings is 2. The van der Waals surface area contributed by atoms with Gasteiger partial charge in [0.1, 0.15) is 11.4 Å². The molecule has 180 valence electrons. The van der Waals surface area contributed by atoms with Crippen LogP contribution in [-0.2, 0) is 6.42 Å². The van der Waals surface area contributed by atoms with Gasteiger partial charge in [0.15, 0.2) is 5.78 Å². The molecular formula is C28H28FN3O3. The zero-order chi connectivity index (χ0) is 24.7. The maximum atomic E-state index is 13.8. The number of hydrogen-bond acceptors (Lipinski definition) is 4. The molecule has 0 spiro atoms. The fourth-order valence-corrected chi connectivity index (χ4v) is 5.12. The number of halogens is 1. The first-order chi connectivity index (χ1) is 16.7. The maximum absolute atomic E-state index is 13.8. The number of pyridine rings is 1. The summed E-state index contributed by atoms with van der Waals surface area (Å²) < 4.78 is 14.7. The van der Waals surface area contributed by atoms with Gasteiger partial charge < -0.3 is 9.80 Å². The van der Waals surface area contributed by atoms with Crippen molar-refractivity contribution in [3.05, 3.63) is 93.7 Å². The number of nitrogens with zero attached hydrogens (tertiary/aromatic N) is 3. The zero-order valence-electron chi connectivity index (χ0n) is 20.0. The fraction of sp³-hybridized carbons (Fsp3) is 0.321. The van der Waals surface area contributed by atoms with Crippen LogP contribution in [0.3, 0.4) is 0 Å². The van der Waals surface area contributed by atoms with E-state index in [9.17, 15) is 18.8 Å². The number of carbonyl (C=O) groups excluding carboxylic acids is 2. The Labute approximate surface area is 203 Å². The van der Waals surface area contributed by atoms with Gasteiger partial charge in [0.05, 0.1) is 0 Å². The van der Waals surface area contributed by atoms with Gasteiger partial charge in [0, 0.05) is 55.7 Å². The van der Waals surface area contributed by atoms with Gasteiger partial charge in [-0.3, -0.25) is 19.0 Å². The van der Waals surface area contributed by atoms with Gasteiger partial charge in [0.2, 0.25) is 0 Å². The molecule has 1 amide bonds. The number of rotatable bonds is 3. The molecule has 0 atom stereocenters. The fourth-order valence-electron chi connectivity index (χ4n) is 5.12. The molecule has 0 saturated carbocycles. The normalized spacial score (nSPS) is 17.3. The molecule has 2 aromatic carbocycles. The third-order valence-electron chi connectivity index (χ3n) is 6.92. The van der Waals surface area contributed by atoms with Crippen LogP contribution in [0.25, 0.3) is 5.69 Å². The average Bonchev–Trinajstić information content (AvgIpc) is 2.84. The van der Waals surface area contributed by atoms with Crippen molar-refractivity contribution in [1.82, 2.24) is 9.47 Å². The first-order valence-corrected chi connectivity index (χ1v) is 11.9. The molecule has 1 aliphatic heterocycles. The van der Waals surface area contributed by atoms with Crippen LogP contribution < -0.4 is 10.5 Å². The second-order valence-corrected chi connectivity index (χ2v) is 10.1. The maximum Gasteiger partial charge on any atom is 0.268 e. The van der Waals surface area contributed by atoms with E-state index < -0.39 is 5.56 Å². The van der Waals surface area contributed by atoms with Crippen LogP contribution in [0.1, 0.15) is 46.5 Å². The van der Waals surface area contributed by atoms with E-state index >= 15 is 0 Å². The Hall–Kier alpha value is -3.74. The lowest BCUT2D eigenvalue weighted by Gasteiger charge is -2.37. The molecule has 0 N–H and O–H groups in total. The van der Waals surface area contributed by atoms with Gasteiger partial charge in [-0.2, -0.15) is 0 Å². The monoisotopic (exact) mass is 473 g/mol. The average molecular weight is 474 g/mol. The highest BCUT2D eigenvalue weighted by Gasteiger charge is 2.37. The smallest absolute Gasteiger partial charge is 0.268 e. The van der Waals surface area contributed by atoms with Crippen LogP contribution in [0.15, 0.2) is 65.6 Å². The Kier molecular flexibility index (Phi) is 5.79. The van der Waals surface area contributed by atoms with Gasteiger partial charge in [-0.05, 0) is 53.8 Å². The third-order valence-corrected chi connectivity index (χ3v) is 6.92. The van der Waals surface area contributed by atoms with Crippen molar-refractivity contribution in [2.75, 3.05) is 31.1 Å². The minimum Gasteiger partial charge on any atom is -0.368 e. The van der Waals surface area contributed by atoms with Crippen molar-refractivity contribution in [2.45, 2.75) is 26.7 Å². The number of hydrogen-bond donors (Lipinski definition) is 0. The Morgan fingerprint density at radius 3 is 2.17 bits per heavy atom. The van der Waals surface area contributed by atoms with Crippen LogP contribution >= 0.6 is 0 Å². The Balaban J connectivity index is 1.51. The SMILES string of the molecule is CC1(C)CC(=O)c2cn(-c3ccccc3)c(=O)c(C(=O)N3CCN(c4ccc(F)cc4)CC3)c2C1. The lowest BCUT2D eigenvalue weighted by molar-refractivity contribution is 0.0742. The topological polar surface area (TPSA) is 62.6 Å². The Morgan fingerprint density at radius 1 is 0.857 bits per heavy atom. The minimum absolute atomic E-state index is 0.0453. The summed E-state index contributed by atoms with van der Waals surface area (Å²) in [6.07, 6.45) is 2.47. The molecule has 2 heterocycles. The lowest BCUT2D eigenvalue weighted by atomic mass is 9.73. The van der Waals surface area contributed by atoms with E-state index in [1.807, 2.05) is 32.0 Å². The predicted molar refractivity (Wildman–Crippen MR) is 133 cm³/mol. The van der Waals surface area contributed by atoms with Crippen LogP contribution in [-0.4, -0.2) is 47.3 Å². The molecule has 35 heavy (non-hydrogen) atoms. The first-order valence-electron chi connectivity index (χ1n) is 11.9. The molecule has 2 aliphatic rings. The van der Waals surface area contributed by atoms with E-state index in [2.05, 4.69) is 4.90 Å². The van der Waals surface area contributed by atoms with Gasteiger partial charge >= 0.3 is 0 Å². The van der Waals surface area contributed by atoms with E-state index in [-0.39, 0.29) is 28.5 Å². The van der Waals surface area contributed by atoms with E-state index in [1.54, 1.807) is 35.4 Å². The summed E-state index contributed by atoms with van der Waals surface area (Å²) in [7, 11) is 0. The second kappa shape index (κ2) is 8.80. The standard InChI is InChI=1S/C28H28FN3O3/c1-28(2)16-22-23(24(33)17-28)18-32(21-6-4-3-5-7-21)27(35)25(22)26(34)31-14-12-30(13-15-31)20-10-8-19(29)9-11-20/h3-11,18H,12-17H2,1-2H3. The number of Topliss-reactive ketones (excluding diaryl/α,β-unsaturated/α-hetero) is 1. The molecule has 6 nitrogen and oxygen atoms in total. The van der Waals surface area contributed by atoms with Crippen molar-refractivity contribution in [3.63, 3.8) is 0 Å². The van der Waals surface area contributed by atoms with E-state index in [0.717, 1.165) is 5.69 Å². The highest BCUT2D eigenvalue weighted by molar-refractivity contribution is 6.04. The summed E-state index contributed by atoms with van der Waals surface area (Å²) >= 11 is 0. The van der Waals surface area contributed by atoms with Crippen molar-refractivity contribution < 1.29 is 14.0 Å². The number of para-hydroxylation sites is 1. The number of amides is 1. The second-order valence-electron chi connectivity index (χ2n) is 10.1. The van der Waals surface area contributed by atoms with Crippen LogP contribution in [0.5, 0.6) is 0 Å². The molecule has 0 bridgehead atoms. The highest BCUT2D eigenvalue weighted by atomic mass is 19.1. The van der Waals surface area contributed by atoms with Crippen LogP contribution in [0, 0.1) is 11.2 Å². The van der Waals surface area contributed by atoms with Crippen molar-refractivity contribution in [1.29, 1.82) is 0 Å². The third kappa shape index (κ3) is 4.38. The van der Waals surface area contributed by atoms with Crippen molar-refractivity contribution in [2.24, 2.45) is 5.41 Å². The number of fused-ring (bicyclic) bond motifs is 1. The summed E-state index contributed by atoms with van der Waals surface area (Å²) in [5.74, 6) is -0.666. The van der Waals surface area contributed by atoms with E-state index in [1.165, 1.54) is 16.7 Å². The van der Waals surface area contributed by atoms with Gasteiger partial charge in [-0.25, -0.2) is 4.39 Å². The first kappa shape index (κ1) is 23.0. The Morgan fingerprint density at radius 2 is 1.51 bits per heavy atom. The summed E-state index contributed by atoms with van der Waals surface area (Å²) in [6.45, 7) is 6.00. The molecule has 5 rings (SSSR count). The zero-order valence-corrected chi connectivity index (χ0v) is 20.0. The molecule has 1 aromatic heterocycles. The largest absolute Gasteiger partial charge is 0.368 e. The molecule has 0 unspecified atom stereocenters. The molecule has 1 saturated heterocycles. The van der Waals surface area contributed by atoms with Crippen molar-refractivity contribution in [3.8, 4) is 5.69 Å². The van der Waals surface area contributed by atoms with Crippen LogP contribution in [0.4, 0.5) is 10.1 Å². The molecule has 1 aliphatic carbocycles. The van der Waals surface area contributed by atoms with E-state index in [0.29, 0.717) is 55.8 Å². The summed E-state index contributed by atoms with van der Waals surface area (Å²) in [5.41, 5.74) is 1.92. The van der Waals surface area contributed by atoms with Crippen LogP contribution in [0.2, 0.25) is 0 Å². The number of piperazine rings is 1. The lowest BCUT2D eigenvalue weighted by Crippen LogP contribution is -2.50.